The first-order valence-corrected chi connectivity index (χ1v) is 11.9. The standard InChI is InChI=1S/C25H20FN3O4S/c1-16-5-7-19(8-6-16)34(31,32)29-12-10-20-21(15-30)25(22(26)14-24(20)29)33-18-4-2-3-17(13-18)23-9-11-27-28-23/h2-14,30H,15H2,1H3,(H,27,28). The van der Waals surface area contributed by atoms with Crippen molar-refractivity contribution in [3.8, 4) is 22.8 Å². The Morgan fingerprint density at radius 2 is 1.88 bits per heavy atom. The molecule has 0 aliphatic heterocycles. The summed E-state index contributed by atoms with van der Waals surface area (Å²) in [6, 6.07) is 17.8. The first-order valence-electron chi connectivity index (χ1n) is 10.4. The molecule has 0 bridgehead atoms. The van der Waals surface area contributed by atoms with Gasteiger partial charge < -0.3 is 9.84 Å². The van der Waals surface area contributed by atoms with Gasteiger partial charge in [0.25, 0.3) is 10.0 Å². The quantitative estimate of drug-likeness (QED) is 0.359. The minimum Gasteiger partial charge on any atom is -0.454 e. The second kappa shape index (κ2) is 8.44. The van der Waals surface area contributed by atoms with Gasteiger partial charge in [-0.05, 0) is 43.3 Å². The zero-order chi connectivity index (χ0) is 23.9. The Labute approximate surface area is 195 Å². The van der Waals surface area contributed by atoms with Gasteiger partial charge in [-0.25, -0.2) is 16.8 Å². The van der Waals surface area contributed by atoms with E-state index in [1.807, 2.05) is 13.0 Å². The number of benzene rings is 3. The molecule has 2 aromatic heterocycles. The topological polar surface area (TPSA) is 97.2 Å². The second-order valence-corrected chi connectivity index (χ2v) is 9.60. The summed E-state index contributed by atoms with van der Waals surface area (Å²) in [6.45, 7) is 1.31. The lowest BCUT2D eigenvalue weighted by atomic mass is 10.1. The van der Waals surface area contributed by atoms with Crippen LogP contribution in [0.1, 0.15) is 11.1 Å². The number of ether oxygens (including phenoxy) is 1. The Morgan fingerprint density at radius 1 is 1.09 bits per heavy atom. The SMILES string of the molecule is Cc1ccc(S(=O)(=O)n2ccc3c(CO)c(Oc4cccc(-c5ccn[nH]5)c4)c(F)cc32)cc1. The maximum Gasteiger partial charge on any atom is 0.268 e. The predicted octanol–water partition coefficient (Wildman–Crippen LogP) is 5.00. The van der Waals surface area contributed by atoms with Crippen molar-refractivity contribution in [3.63, 3.8) is 0 Å². The molecule has 0 spiro atoms. The summed E-state index contributed by atoms with van der Waals surface area (Å²) in [5.74, 6) is -0.600. The van der Waals surface area contributed by atoms with Crippen LogP contribution in [0, 0.1) is 12.7 Å². The van der Waals surface area contributed by atoms with Crippen LogP contribution in [-0.4, -0.2) is 27.7 Å². The molecule has 0 atom stereocenters. The number of aromatic nitrogens is 3. The highest BCUT2D eigenvalue weighted by Crippen LogP contribution is 2.37. The number of aromatic amines is 1. The number of aliphatic hydroxyl groups excluding tert-OH is 1. The Kier molecular flexibility index (Phi) is 5.43. The molecule has 9 heteroatoms. The van der Waals surface area contributed by atoms with Gasteiger partial charge in [-0.3, -0.25) is 5.10 Å². The minimum atomic E-state index is -3.97. The predicted molar refractivity (Wildman–Crippen MR) is 126 cm³/mol. The summed E-state index contributed by atoms with van der Waals surface area (Å²) in [5, 5.41) is 17.2. The van der Waals surface area contributed by atoms with Crippen molar-refractivity contribution in [2.24, 2.45) is 0 Å². The van der Waals surface area contributed by atoms with Crippen molar-refractivity contribution in [1.82, 2.24) is 14.2 Å². The number of fused-ring (bicyclic) bond motifs is 1. The second-order valence-electron chi connectivity index (χ2n) is 7.79. The molecule has 0 saturated carbocycles. The monoisotopic (exact) mass is 477 g/mol. The van der Waals surface area contributed by atoms with E-state index in [9.17, 15) is 13.5 Å². The summed E-state index contributed by atoms with van der Waals surface area (Å²) >= 11 is 0. The van der Waals surface area contributed by atoms with Crippen LogP contribution >= 0.6 is 0 Å². The molecule has 0 saturated heterocycles. The average Bonchev–Trinajstić information content (AvgIpc) is 3.51. The molecule has 0 fully saturated rings. The van der Waals surface area contributed by atoms with Crippen LogP contribution in [0.15, 0.2) is 84.0 Å². The molecule has 172 valence electrons. The van der Waals surface area contributed by atoms with E-state index in [-0.39, 0.29) is 21.7 Å². The summed E-state index contributed by atoms with van der Waals surface area (Å²) in [7, 11) is -3.97. The Hall–Kier alpha value is -3.95. The van der Waals surface area contributed by atoms with Crippen molar-refractivity contribution in [2.75, 3.05) is 0 Å². The van der Waals surface area contributed by atoms with Gasteiger partial charge in [0.1, 0.15) is 5.75 Å². The molecule has 0 unspecified atom stereocenters. The molecule has 3 aromatic carbocycles. The van der Waals surface area contributed by atoms with E-state index in [0.29, 0.717) is 11.1 Å². The lowest BCUT2D eigenvalue weighted by Crippen LogP contribution is -2.12. The van der Waals surface area contributed by atoms with Crippen LogP contribution in [0.3, 0.4) is 0 Å². The van der Waals surface area contributed by atoms with Crippen LogP contribution in [0.4, 0.5) is 4.39 Å². The number of H-pyrrole nitrogens is 1. The van der Waals surface area contributed by atoms with Crippen LogP contribution < -0.4 is 4.74 Å². The fourth-order valence-corrected chi connectivity index (χ4v) is 5.18. The molecule has 0 amide bonds. The summed E-state index contributed by atoms with van der Waals surface area (Å²) < 4.78 is 48.5. The minimum absolute atomic E-state index is 0.0810. The van der Waals surface area contributed by atoms with Crippen molar-refractivity contribution in [2.45, 2.75) is 18.4 Å². The smallest absolute Gasteiger partial charge is 0.268 e. The van der Waals surface area contributed by atoms with Crippen molar-refractivity contribution >= 4 is 20.9 Å². The van der Waals surface area contributed by atoms with Gasteiger partial charge >= 0.3 is 0 Å². The molecular formula is C25H20FN3O4S. The number of aliphatic hydroxyl groups is 1. The fourth-order valence-electron chi connectivity index (χ4n) is 3.84. The van der Waals surface area contributed by atoms with E-state index in [1.165, 1.54) is 24.4 Å². The molecule has 5 aromatic rings. The number of hydrogen-bond acceptors (Lipinski definition) is 5. The number of rotatable bonds is 6. The third kappa shape index (κ3) is 3.74. The zero-order valence-electron chi connectivity index (χ0n) is 18.1. The summed E-state index contributed by atoms with van der Waals surface area (Å²) in [4.78, 5) is 0.0810. The molecule has 7 nitrogen and oxygen atoms in total. The van der Waals surface area contributed by atoms with E-state index in [2.05, 4.69) is 10.2 Å². The summed E-state index contributed by atoms with van der Waals surface area (Å²) in [5.41, 5.74) is 2.74. The average molecular weight is 478 g/mol. The van der Waals surface area contributed by atoms with E-state index in [0.717, 1.165) is 26.9 Å². The van der Waals surface area contributed by atoms with E-state index in [1.54, 1.807) is 42.6 Å². The largest absolute Gasteiger partial charge is 0.454 e. The first kappa shape index (κ1) is 21.9. The highest BCUT2D eigenvalue weighted by Gasteiger charge is 2.23. The third-order valence-corrected chi connectivity index (χ3v) is 7.28. The van der Waals surface area contributed by atoms with Crippen LogP contribution in [0.2, 0.25) is 0 Å². The third-order valence-electron chi connectivity index (χ3n) is 5.57. The van der Waals surface area contributed by atoms with Gasteiger partial charge in [-0.15, -0.1) is 0 Å². The van der Waals surface area contributed by atoms with E-state index < -0.39 is 22.4 Å². The molecule has 5 rings (SSSR count). The normalized spacial score (nSPS) is 11.7. The Bertz CT molecular complexity index is 1590. The lowest BCUT2D eigenvalue weighted by Gasteiger charge is -2.14. The van der Waals surface area contributed by atoms with Gasteiger partial charge in [0, 0.05) is 35.0 Å². The number of nitrogens with zero attached hydrogens (tertiary/aromatic N) is 2. The maximum absolute atomic E-state index is 15.3. The fraction of sp³-hybridized carbons (Fsp3) is 0.0800. The number of halogens is 1. The number of hydrogen-bond donors (Lipinski definition) is 2. The molecule has 2 heterocycles. The van der Waals surface area contributed by atoms with Crippen molar-refractivity contribution in [1.29, 1.82) is 0 Å². The van der Waals surface area contributed by atoms with Gasteiger partial charge in [-0.2, -0.15) is 5.10 Å². The molecule has 0 aliphatic rings. The molecular weight excluding hydrogens is 457 g/mol. The number of nitrogens with one attached hydrogen (secondary N) is 1. The zero-order valence-corrected chi connectivity index (χ0v) is 18.9. The molecule has 34 heavy (non-hydrogen) atoms. The van der Waals surface area contributed by atoms with E-state index >= 15 is 4.39 Å². The number of aryl methyl sites for hydroxylation is 1. The Morgan fingerprint density at radius 3 is 2.59 bits per heavy atom. The van der Waals surface area contributed by atoms with Gasteiger partial charge in [-0.1, -0.05) is 29.8 Å². The molecule has 0 radical (unpaired) electrons. The molecule has 0 aliphatic carbocycles. The van der Waals surface area contributed by atoms with Crippen molar-refractivity contribution in [3.05, 3.63) is 96.1 Å². The highest BCUT2D eigenvalue weighted by atomic mass is 32.2. The maximum atomic E-state index is 15.3. The summed E-state index contributed by atoms with van der Waals surface area (Å²) in [6.07, 6.45) is 2.97. The highest BCUT2D eigenvalue weighted by molar-refractivity contribution is 7.90. The lowest BCUT2D eigenvalue weighted by molar-refractivity contribution is 0.276. The van der Waals surface area contributed by atoms with Crippen LogP contribution in [0.5, 0.6) is 11.5 Å². The first-order chi connectivity index (χ1) is 16.4. The van der Waals surface area contributed by atoms with Crippen LogP contribution in [0.25, 0.3) is 22.2 Å². The van der Waals surface area contributed by atoms with E-state index in [4.69, 9.17) is 4.74 Å². The Balaban J connectivity index is 1.59. The van der Waals surface area contributed by atoms with Gasteiger partial charge in [0.2, 0.25) is 0 Å². The molecule has 2 N–H and O–H groups in total. The van der Waals surface area contributed by atoms with Crippen LogP contribution in [-0.2, 0) is 16.6 Å². The van der Waals surface area contributed by atoms with Gasteiger partial charge in [0.15, 0.2) is 11.6 Å². The van der Waals surface area contributed by atoms with Gasteiger partial charge in [0.05, 0.1) is 22.7 Å². The van der Waals surface area contributed by atoms with Crippen molar-refractivity contribution < 1.29 is 22.7 Å².